The zero-order valence-electron chi connectivity index (χ0n) is 17.3. The third-order valence-electron chi connectivity index (χ3n) is 4.94. The number of aryl methyl sites for hydroxylation is 3. The molecule has 164 valence electrons. The SMILES string of the molecule is CCCc1[nH]nc(CCc2ccc(OC)cc2)c1NC(=O)c1ccc(C(F)(F)F)cc1. The highest BCUT2D eigenvalue weighted by Crippen LogP contribution is 2.29. The number of aromatic nitrogens is 2. The Balaban J connectivity index is 1.75. The van der Waals surface area contributed by atoms with E-state index in [9.17, 15) is 18.0 Å². The predicted octanol–water partition coefficient (Wildman–Crippen LogP) is 5.43. The first-order valence-corrected chi connectivity index (χ1v) is 9.99. The summed E-state index contributed by atoms with van der Waals surface area (Å²) in [6.45, 7) is 2.01. The molecule has 0 radical (unpaired) electrons. The molecule has 8 heteroatoms. The molecule has 0 saturated carbocycles. The Morgan fingerprint density at radius 2 is 1.71 bits per heavy atom. The molecule has 0 bridgehead atoms. The van der Waals surface area contributed by atoms with Gasteiger partial charge in [-0.05, 0) is 61.2 Å². The van der Waals surface area contributed by atoms with Crippen molar-refractivity contribution in [2.24, 2.45) is 0 Å². The number of nitrogens with zero attached hydrogens (tertiary/aromatic N) is 1. The zero-order chi connectivity index (χ0) is 22.4. The van der Waals surface area contributed by atoms with Crippen LogP contribution in [-0.2, 0) is 25.4 Å². The second kappa shape index (κ2) is 9.68. The molecule has 0 saturated heterocycles. The van der Waals surface area contributed by atoms with Gasteiger partial charge in [-0.1, -0.05) is 25.5 Å². The number of benzene rings is 2. The van der Waals surface area contributed by atoms with Crippen molar-refractivity contribution in [2.45, 2.75) is 38.8 Å². The van der Waals surface area contributed by atoms with Gasteiger partial charge in [-0.3, -0.25) is 9.89 Å². The number of carbonyl (C=O) groups is 1. The maximum absolute atomic E-state index is 12.8. The Bertz CT molecular complexity index is 1010. The van der Waals surface area contributed by atoms with Crippen molar-refractivity contribution in [3.05, 3.63) is 76.6 Å². The molecule has 5 nitrogen and oxygen atoms in total. The molecule has 0 aliphatic rings. The third kappa shape index (κ3) is 5.65. The number of anilines is 1. The van der Waals surface area contributed by atoms with Gasteiger partial charge in [0.15, 0.2) is 0 Å². The maximum Gasteiger partial charge on any atom is 0.416 e. The van der Waals surface area contributed by atoms with E-state index in [1.165, 1.54) is 12.1 Å². The molecular formula is C23H24F3N3O2. The second-order valence-corrected chi connectivity index (χ2v) is 7.15. The number of H-pyrrole nitrogens is 1. The molecule has 0 aliphatic heterocycles. The minimum absolute atomic E-state index is 0.151. The Morgan fingerprint density at radius 3 is 2.29 bits per heavy atom. The van der Waals surface area contributed by atoms with E-state index >= 15 is 0 Å². The van der Waals surface area contributed by atoms with Crippen LogP contribution < -0.4 is 10.1 Å². The molecule has 2 aromatic carbocycles. The van der Waals surface area contributed by atoms with E-state index in [0.717, 1.165) is 35.6 Å². The van der Waals surface area contributed by atoms with Crippen molar-refractivity contribution < 1.29 is 22.7 Å². The van der Waals surface area contributed by atoms with E-state index in [2.05, 4.69) is 15.5 Å². The molecular weight excluding hydrogens is 407 g/mol. The molecule has 1 amide bonds. The molecule has 3 aromatic rings. The standard InChI is InChI=1S/C23H24F3N3O2/c1-3-4-19-21(27-22(30)16-8-10-17(11-9-16)23(24,25)26)20(29-28-19)14-7-15-5-12-18(31-2)13-6-15/h5-6,8-13H,3-4,7,14H2,1-2H3,(H,27,30)(H,28,29). The van der Waals surface area contributed by atoms with Gasteiger partial charge in [0.25, 0.3) is 5.91 Å². The molecule has 0 aliphatic carbocycles. The molecule has 0 unspecified atom stereocenters. The minimum Gasteiger partial charge on any atom is -0.497 e. The Kier molecular flexibility index (Phi) is 6.99. The van der Waals surface area contributed by atoms with Crippen molar-refractivity contribution in [1.29, 1.82) is 0 Å². The van der Waals surface area contributed by atoms with Crippen LogP contribution in [0.1, 0.15) is 46.2 Å². The number of hydrogen-bond acceptors (Lipinski definition) is 3. The summed E-state index contributed by atoms with van der Waals surface area (Å²) in [6, 6.07) is 11.9. The lowest BCUT2D eigenvalue weighted by atomic mass is 10.1. The first-order chi connectivity index (χ1) is 14.8. The third-order valence-corrected chi connectivity index (χ3v) is 4.94. The number of halogens is 3. The fraction of sp³-hybridized carbons (Fsp3) is 0.304. The number of aromatic amines is 1. The first-order valence-electron chi connectivity index (χ1n) is 9.99. The van der Waals surface area contributed by atoms with Gasteiger partial charge in [0, 0.05) is 5.56 Å². The topological polar surface area (TPSA) is 67.0 Å². The first kappa shape index (κ1) is 22.4. The summed E-state index contributed by atoms with van der Waals surface area (Å²) in [5.41, 5.74) is 2.56. The highest BCUT2D eigenvalue weighted by molar-refractivity contribution is 6.04. The summed E-state index contributed by atoms with van der Waals surface area (Å²) >= 11 is 0. The van der Waals surface area contributed by atoms with Crippen molar-refractivity contribution in [1.82, 2.24) is 10.2 Å². The van der Waals surface area contributed by atoms with Gasteiger partial charge in [-0.2, -0.15) is 18.3 Å². The van der Waals surface area contributed by atoms with Crippen LogP contribution >= 0.6 is 0 Å². The van der Waals surface area contributed by atoms with Crippen LogP contribution in [0.5, 0.6) is 5.75 Å². The van der Waals surface area contributed by atoms with Crippen molar-refractivity contribution in [3.8, 4) is 5.75 Å². The minimum atomic E-state index is -4.44. The van der Waals surface area contributed by atoms with Gasteiger partial charge < -0.3 is 10.1 Å². The number of carbonyl (C=O) groups excluding carboxylic acids is 1. The molecule has 2 N–H and O–H groups in total. The molecule has 31 heavy (non-hydrogen) atoms. The summed E-state index contributed by atoms with van der Waals surface area (Å²) in [5.74, 6) is 0.302. The lowest BCUT2D eigenvalue weighted by molar-refractivity contribution is -0.137. The van der Waals surface area contributed by atoms with Gasteiger partial charge in [0.05, 0.1) is 29.7 Å². The van der Waals surface area contributed by atoms with Gasteiger partial charge in [0.1, 0.15) is 5.75 Å². The molecule has 3 rings (SSSR count). The summed E-state index contributed by atoms with van der Waals surface area (Å²) in [7, 11) is 1.61. The summed E-state index contributed by atoms with van der Waals surface area (Å²) in [4.78, 5) is 12.7. The molecule has 1 heterocycles. The summed E-state index contributed by atoms with van der Waals surface area (Å²) in [6.07, 6.45) is -1.59. The number of rotatable bonds is 8. The van der Waals surface area contributed by atoms with Crippen LogP contribution in [0.4, 0.5) is 18.9 Å². The Labute approximate surface area is 178 Å². The van der Waals surface area contributed by atoms with Crippen LogP contribution in [0, 0.1) is 0 Å². The number of hydrogen-bond donors (Lipinski definition) is 2. The monoisotopic (exact) mass is 431 g/mol. The van der Waals surface area contributed by atoms with Crippen LogP contribution in [0.2, 0.25) is 0 Å². The van der Waals surface area contributed by atoms with E-state index in [4.69, 9.17) is 4.74 Å². The second-order valence-electron chi connectivity index (χ2n) is 7.15. The van der Waals surface area contributed by atoms with Crippen molar-refractivity contribution in [2.75, 3.05) is 12.4 Å². The summed E-state index contributed by atoms with van der Waals surface area (Å²) < 4.78 is 43.5. The number of nitrogens with one attached hydrogen (secondary N) is 2. The summed E-state index contributed by atoms with van der Waals surface area (Å²) in [5, 5.41) is 10.2. The molecule has 0 fully saturated rings. The average molecular weight is 431 g/mol. The van der Waals surface area contributed by atoms with Crippen LogP contribution in [0.3, 0.4) is 0 Å². The lowest BCUT2D eigenvalue weighted by Gasteiger charge is -2.10. The van der Waals surface area contributed by atoms with Crippen molar-refractivity contribution >= 4 is 11.6 Å². The maximum atomic E-state index is 12.8. The average Bonchev–Trinajstić information content (AvgIpc) is 3.13. The lowest BCUT2D eigenvalue weighted by Crippen LogP contribution is -2.15. The van der Waals surface area contributed by atoms with E-state index in [-0.39, 0.29) is 5.56 Å². The van der Waals surface area contributed by atoms with Crippen LogP contribution in [-0.4, -0.2) is 23.2 Å². The smallest absolute Gasteiger partial charge is 0.416 e. The van der Waals surface area contributed by atoms with Crippen molar-refractivity contribution in [3.63, 3.8) is 0 Å². The highest BCUT2D eigenvalue weighted by atomic mass is 19.4. The molecule has 0 atom stereocenters. The number of amides is 1. The van der Waals surface area contributed by atoms with E-state index < -0.39 is 17.6 Å². The zero-order valence-corrected chi connectivity index (χ0v) is 17.3. The number of alkyl halides is 3. The number of ether oxygens (including phenoxy) is 1. The van der Waals surface area contributed by atoms with E-state index in [1.807, 2.05) is 31.2 Å². The van der Waals surface area contributed by atoms with Crippen LogP contribution in [0.15, 0.2) is 48.5 Å². The normalized spacial score (nSPS) is 11.4. The fourth-order valence-corrected chi connectivity index (χ4v) is 3.23. The van der Waals surface area contributed by atoms with E-state index in [0.29, 0.717) is 30.6 Å². The largest absolute Gasteiger partial charge is 0.497 e. The Morgan fingerprint density at radius 1 is 1.03 bits per heavy atom. The van der Waals surface area contributed by atoms with Gasteiger partial charge in [-0.25, -0.2) is 0 Å². The number of methoxy groups -OCH3 is 1. The van der Waals surface area contributed by atoms with Gasteiger partial charge in [-0.15, -0.1) is 0 Å². The van der Waals surface area contributed by atoms with E-state index in [1.54, 1.807) is 7.11 Å². The highest BCUT2D eigenvalue weighted by Gasteiger charge is 2.30. The fourth-order valence-electron chi connectivity index (χ4n) is 3.23. The quantitative estimate of drug-likeness (QED) is 0.500. The Hall–Kier alpha value is -3.29. The van der Waals surface area contributed by atoms with Gasteiger partial charge in [0.2, 0.25) is 0 Å². The van der Waals surface area contributed by atoms with Gasteiger partial charge >= 0.3 is 6.18 Å². The predicted molar refractivity (Wildman–Crippen MR) is 112 cm³/mol. The molecule has 0 spiro atoms. The van der Waals surface area contributed by atoms with Crippen LogP contribution in [0.25, 0.3) is 0 Å². The molecule has 1 aromatic heterocycles.